The summed E-state index contributed by atoms with van der Waals surface area (Å²) in [5.74, 6) is 1.88. The van der Waals surface area contributed by atoms with Crippen LogP contribution in [-0.2, 0) is 0 Å². The Hall–Kier alpha value is -2.30. The Morgan fingerprint density at radius 1 is 0.842 bits per heavy atom. The molecule has 0 N–H and O–H groups in total. The van der Waals surface area contributed by atoms with Crippen molar-refractivity contribution in [3.8, 4) is 0 Å². The Balaban J connectivity index is 1.84. The number of hydrogen-bond acceptors (Lipinski definition) is 4. The fourth-order valence-electron chi connectivity index (χ4n) is 2.10. The van der Waals surface area contributed by atoms with E-state index >= 15 is 0 Å². The molecule has 0 bridgehead atoms. The number of pyridine rings is 2. The lowest BCUT2D eigenvalue weighted by Crippen LogP contribution is -2.31. The van der Waals surface area contributed by atoms with Crippen LogP contribution >= 0.6 is 0 Å². The van der Waals surface area contributed by atoms with E-state index in [2.05, 4.69) is 35.9 Å². The third-order valence-corrected chi connectivity index (χ3v) is 3.09. The van der Waals surface area contributed by atoms with Gasteiger partial charge in [-0.1, -0.05) is 12.1 Å². The van der Waals surface area contributed by atoms with E-state index in [0.717, 1.165) is 22.8 Å². The predicted octanol–water partition coefficient (Wildman–Crippen LogP) is 2.43. The van der Waals surface area contributed by atoms with E-state index in [0.29, 0.717) is 0 Å². The van der Waals surface area contributed by atoms with Crippen LogP contribution in [0.1, 0.15) is 11.1 Å². The van der Waals surface area contributed by atoms with Gasteiger partial charge in [0, 0.05) is 24.8 Å². The summed E-state index contributed by atoms with van der Waals surface area (Å²) in [6.45, 7) is 4.11. The van der Waals surface area contributed by atoms with Crippen LogP contribution in [0.3, 0.4) is 0 Å². The first-order valence-electron chi connectivity index (χ1n) is 6.19. The second-order valence-corrected chi connectivity index (χ2v) is 4.52. The van der Waals surface area contributed by atoms with Crippen LogP contribution in [0, 0.1) is 13.8 Å². The molecule has 2 aromatic heterocycles. The van der Waals surface area contributed by atoms with Crippen molar-refractivity contribution in [1.82, 2.24) is 9.97 Å². The number of anilines is 2. The molecule has 0 unspecified atom stereocenters. The topological polar surface area (TPSA) is 32.3 Å². The number of aryl methyl sites for hydroxylation is 2. The molecule has 93 valence electrons. The molecule has 2 aromatic rings. The predicted molar refractivity (Wildman–Crippen MR) is 77.8 cm³/mol. The van der Waals surface area contributed by atoms with Crippen molar-refractivity contribution in [3.05, 3.63) is 60.2 Å². The second kappa shape index (κ2) is 4.76. The minimum absolute atomic E-state index is 0.940. The Labute approximate surface area is 113 Å². The van der Waals surface area contributed by atoms with Crippen LogP contribution in [0.5, 0.6) is 0 Å². The summed E-state index contributed by atoms with van der Waals surface area (Å²) in [6, 6.07) is 8.00. The third-order valence-electron chi connectivity index (χ3n) is 3.09. The summed E-state index contributed by atoms with van der Waals surface area (Å²) in [5.41, 5.74) is 2.28. The molecule has 0 spiro atoms. The minimum atomic E-state index is 0.940. The summed E-state index contributed by atoms with van der Waals surface area (Å²) >= 11 is 0. The second-order valence-electron chi connectivity index (χ2n) is 4.52. The lowest BCUT2D eigenvalue weighted by Gasteiger charge is -2.20. The lowest BCUT2D eigenvalue weighted by atomic mass is 10.1. The van der Waals surface area contributed by atoms with Crippen molar-refractivity contribution >= 4 is 19.2 Å². The molecule has 1 aliphatic heterocycles. The van der Waals surface area contributed by atoms with E-state index in [9.17, 15) is 0 Å². The molecule has 0 fully saturated rings. The molecule has 3 heterocycles. The Kier molecular flexibility index (Phi) is 2.95. The Bertz CT molecular complexity index is 573. The Morgan fingerprint density at radius 2 is 1.32 bits per heavy atom. The Morgan fingerprint density at radius 3 is 1.74 bits per heavy atom. The van der Waals surface area contributed by atoms with E-state index < -0.39 is 0 Å². The first-order valence-corrected chi connectivity index (χ1v) is 6.19. The first kappa shape index (κ1) is 11.8. The van der Waals surface area contributed by atoms with Gasteiger partial charge in [0.05, 0.1) is 0 Å². The number of hydrogen-bond donors (Lipinski definition) is 0. The average molecular weight is 249 g/mol. The summed E-state index contributed by atoms with van der Waals surface area (Å²) in [4.78, 5) is 12.8. The zero-order valence-electron chi connectivity index (χ0n) is 11.0. The van der Waals surface area contributed by atoms with Crippen LogP contribution in [0.2, 0.25) is 0 Å². The van der Waals surface area contributed by atoms with E-state index in [1.165, 1.54) is 0 Å². The maximum absolute atomic E-state index is 4.41. The maximum Gasteiger partial charge on any atom is 0.402 e. The molecule has 1 radical (unpaired) electrons. The van der Waals surface area contributed by atoms with Crippen molar-refractivity contribution in [2.75, 3.05) is 9.62 Å². The van der Waals surface area contributed by atoms with Gasteiger partial charge in [-0.2, -0.15) is 0 Å². The van der Waals surface area contributed by atoms with Crippen LogP contribution in [0.25, 0.3) is 0 Å². The summed E-state index contributed by atoms with van der Waals surface area (Å²) in [5, 5.41) is 0. The average Bonchev–Trinajstić information content (AvgIpc) is 2.89. The summed E-state index contributed by atoms with van der Waals surface area (Å²) < 4.78 is 0. The molecule has 1 aliphatic rings. The molecule has 3 rings (SSSR count). The maximum atomic E-state index is 4.41. The largest absolute Gasteiger partial charge is 0.402 e. The monoisotopic (exact) mass is 249 g/mol. The van der Waals surface area contributed by atoms with Gasteiger partial charge >= 0.3 is 7.55 Å². The highest BCUT2D eigenvalue weighted by atomic mass is 15.3. The quantitative estimate of drug-likeness (QED) is 0.765. The fourth-order valence-corrected chi connectivity index (χ4v) is 2.10. The van der Waals surface area contributed by atoms with E-state index in [1.54, 1.807) is 12.4 Å². The smallest absolute Gasteiger partial charge is 0.358 e. The van der Waals surface area contributed by atoms with Gasteiger partial charge in [-0.25, -0.2) is 9.97 Å². The highest BCUT2D eigenvalue weighted by molar-refractivity contribution is 6.49. The zero-order valence-corrected chi connectivity index (χ0v) is 11.0. The molecule has 0 saturated carbocycles. The molecule has 0 atom stereocenters. The molecular weight excluding hydrogens is 235 g/mol. The fraction of sp³-hybridized carbons (Fsp3) is 0.143. The molecule has 0 amide bonds. The van der Waals surface area contributed by atoms with Gasteiger partial charge in [0.2, 0.25) is 0 Å². The zero-order chi connectivity index (χ0) is 13.2. The van der Waals surface area contributed by atoms with Crippen molar-refractivity contribution < 1.29 is 0 Å². The minimum Gasteiger partial charge on any atom is -0.358 e. The van der Waals surface area contributed by atoms with Gasteiger partial charge in [0.25, 0.3) is 0 Å². The van der Waals surface area contributed by atoms with Gasteiger partial charge in [-0.05, 0) is 37.1 Å². The molecule has 0 saturated heterocycles. The molecule has 0 aromatic carbocycles. The summed E-state index contributed by atoms with van der Waals surface area (Å²) in [6.07, 6.45) is 7.59. The number of nitrogens with zero attached hydrogens (tertiary/aromatic N) is 4. The van der Waals surface area contributed by atoms with Crippen molar-refractivity contribution in [3.63, 3.8) is 0 Å². The highest BCUT2D eigenvalue weighted by Crippen LogP contribution is 2.23. The van der Waals surface area contributed by atoms with Gasteiger partial charge in [0.15, 0.2) is 0 Å². The van der Waals surface area contributed by atoms with Crippen molar-refractivity contribution in [1.29, 1.82) is 0 Å². The van der Waals surface area contributed by atoms with Crippen LogP contribution in [0.15, 0.2) is 49.1 Å². The van der Waals surface area contributed by atoms with Crippen molar-refractivity contribution in [2.45, 2.75) is 13.8 Å². The standard InChI is InChI=1S/C14H14BN4/c1-11-5-3-7-16-13(11)18-9-10-19(15-18)14-12(2)6-4-8-17-14/h3-10H,1-2H3. The molecular formula is C14H14BN4. The van der Waals surface area contributed by atoms with Gasteiger partial charge in [-0.15, -0.1) is 0 Å². The normalized spacial score (nSPS) is 13.8. The van der Waals surface area contributed by atoms with E-state index in [-0.39, 0.29) is 0 Å². The van der Waals surface area contributed by atoms with E-state index in [4.69, 9.17) is 0 Å². The lowest BCUT2D eigenvalue weighted by molar-refractivity contribution is 1.19. The third kappa shape index (κ3) is 2.19. The van der Waals surface area contributed by atoms with E-state index in [1.807, 2.05) is 41.7 Å². The highest BCUT2D eigenvalue weighted by Gasteiger charge is 2.22. The molecule has 0 aliphatic carbocycles. The van der Waals surface area contributed by atoms with Crippen LogP contribution in [0.4, 0.5) is 11.6 Å². The van der Waals surface area contributed by atoms with Gasteiger partial charge in [0.1, 0.15) is 11.6 Å². The van der Waals surface area contributed by atoms with Crippen LogP contribution < -0.4 is 9.62 Å². The SMILES string of the molecule is Cc1cccnc1N1[B]N(c2ncccc2C)C=C1. The molecule has 5 heteroatoms. The number of rotatable bonds is 2. The summed E-state index contributed by atoms with van der Waals surface area (Å²) in [7, 11) is 1.99. The first-order chi connectivity index (χ1) is 9.25. The van der Waals surface area contributed by atoms with Crippen LogP contribution in [-0.4, -0.2) is 17.5 Å². The molecule has 19 heavy (non-hydrogen) atoms. The van der Waals surface area contributed by atoms with Gasteiger partial charge in [-0.3, -0.25) is 0 Å². The molecule has 4 nitrogen and oxygen atoms in total. The number of aromatic nitrogens is 2. The van der Waals surface area contributed by atoms with Gasteiger partial charge < -0.3 is 9.62 Å². The van der Waals surface area contributed by atoms with Crippen molar-refractivity contribution in [2.24, 2.45) is 0 Å².